The van der Waals surface area contributed by atoms with Gasteiger partial charge in [0.25, 0.3) is 0 Å². The first-order chi connectivity index (χ1) is 11.3. The van der Waals surface area contributed by atoms with E-state index in [4.69, 9.17) is 15.9 Å². The molecule has 1 fully saturated rings. The molecule has 24 heavy (non-hydrogen) atoms. The van der Waals surface area contributed by atoms with Gasteiger partial charge in [-0.1, -0.05) is 33.6 Å². The summed E-state index contributed by atoms with van der Waals surface area (Å²) in [6.45, 7) is 13.0. The monoisotopic (exact) mass is 332 g/mol. The molecule has 3 unspecified atom stereocenters. The van der Waals surface area contributed by atoms with Crippen molar-refractivity contribution in [1.82, 2.24) is 0 Å². The molecule has 3 heteroatoms. The Kier molecular flexibility index (Phi) is 6.17. The molecule has 0 spiro atoms. The number of hydrogen-bond acceptors (Lipinski definition) is 3. The van der Waals surface area contributed by atoms with Crippen LogP contribution in [0.25, 0.3) is 0 Å². The maximum absolute atomic E-state index is 10.2. The lowest BCUT2D eigenvalue weighted by Gasteiger charge is -2.49. The van der Waals surface area contributed by atoms with Crippen molar-refractivity contribution in [3.8, 4) is 12.3 Å². The van der Waals surface area contributed by atoms with Gasteiger partial charge >= 0.3 is 0 Å². The van der Waals surface area contributed by atoms with E-state index in [1.165, 1.54) is 12.0 Å². The topological polar surface area (TPSA) is 38.7 Å². The molecular formula is C21H32O3. The molecule has 0 radical (unpaired) electrons. The largest absolute Gasteiger partial charge is 0.491 e. The van der Waals surface area contributed by atoms with Gasteiger partial charge in [-0.3, -0.25) is 0 Å². The molecular weight excluding hydrogens is 300 g/mol. The van der Waals surface area contributed by atoms with Crippen molar-refractivity contribution >= 4 is 0 Å². The van der Waals surface area contributed by atoms with Gasteiger partial charge in [-0.15, -0.1) is 6.42 Å². The van der Waals surface area contributed by atoms with Crippen LogP contribution in [0.3, 0.4) is 0 Å². The highest BCUT2D eigenvalue weighted by molar-refractivity contribution is 5.39. The van der Waals surface area contributed by atoms with Crippen LogP contribution in [-0.2, 0) is 9.47 Å². The number of aliphatic hydroxyl groups excluding tert-OH is 1. The van der Waals surface area contributed by atoms with Gasteiger partial charge < -0.3 is 14.6 Å². The molecule has 0 heterocycles. The average Bonchev–Trinajstić information content (AvgIpc) is 2.55. The highest BCUT2D eigenvalue weighted by atomic mass is 16.5. The minimum Gasteiger partial charge on any atom is -0.491 e. The fraction of sp³-hybridized carbons (Fsp3) is 0.714. The highest BCUT2D eigenvalue weighted by Crippen LogP contribution is 2.54. The lowest BCUT2D eigenvalue weighted by atomic mass is 9.56. The molecule has 0 aliphatic heterocycles. The van der Waals surface area contributed by atoms with Gasteiger partial charge in [0.15, 0.2) is 0 Å². The van der Waals surface area contributed by atoms with Crippen LogP contribution in [0.15, 0.2) is 23.0 Å². The number of fused-ring (bicyclic) bond motifs is 1. The Labute approximate surface area is 147 Å². The van der Waals surface area contributed by atoms with E-state index in [0.717, 1.165) is 17.8 Å². The third-order valence-corrected chi connectivity index (χ3v) is 5.75. The normalized spacial score (nSPS) is 30.2. The van der Waals surface area contributed by atoms with Crippen molar-refractivity contribution in [3.63, 3.8) is 0 Å². The summed E-state index contributed by atoms with van der Waals surface area (Å²) in [4.78, 5) is 0. The Morgan fingerprint density at radius 3 is 2.71 bits per heavy atom. The van der Waals surface area contributed by atoms with Gasteiger partial charge in [0.05, 0.1) is 6.61 Å². The van der Waals surface area contributed by atoms with Crippen molar-refractivity contribution in [2.75, 3.05) is 19.8 Å². The SMILES string of the molecule is C#C[C@@H](O)C1=CC(OCCOCC)=C2C(C)C(C)CC(C)(C)C2C1. The predicted molar refractivity (Wildman–Crippen MR) is 97.2 cm³/mol. The van der Waals surface area contributed by atoms with Crippen LogP contribution in [-0.4, -0.2) is 31.0 Å². The minimum atomic E-state index is -0.831. The van der Waals surface area contributed by atoms with E-state index in [2.05, 4.69) is 33.6 Å². The second-order valence-corrected chi connectivity index (χ2v) is 7.87. The molecule has 2 rings (SSSR count). The highest BCUT2D eigenvalue weighted by Gasteiger charge is 2.45. The van der Waals surface area contributed by atoms with Crippen LogP contribution in [0.1, 0.15) is 47.5 Å². The number of hydrogen-bond donors (Lipinski definition) is 1. The van der Waals surface area contributed by atoms with Crippen molar-refractivity contribution in [1.29, 1.82) is 0 Å². The van der Waals surface area contributed by atoms with Crippen LogP contribution < -0.4 is 0 Å². The van der Waals surface area contributed by atoms with Gasteiger partial charge in [-0.2, -0.15) is 0 Å². The molecule has 134 valence electrons. The zero-order valence-electron chi connectivity index (χ0n) is 15.8. The second kappa shape index (κ2) is 7.76. The standard InChI is InChI=1S/C21H32O3/c1-7-18(22)16-11-17-20(15(4)14(3)13-21(17,5)6)19(12-16)24-10-9-23-8-2/h1,12,14-15,17-18,22H,8-11,13H2,2-6H3/t14?,15?,17?,18-/m1/s1. The summed E-state index contributed by atoms with van der Waals surface area (Å²) in [6, 6.07) is 0. The Morgan fingerprint density at radius 1 is 1.38 bits per heavy atom. The molecule has 2 aliphatic carbocycles. The van der Waals surface area contributed by atoms with Crippen molar-refractivity contribution in [3.05, 3.63) is 23.0 Å². The molecule has 0 bridgehead atoms. The number of ether oxygens (including phenoxy) is 2. The summed E-state index contributed by atoms with van der Waals surface area (Å²) >= 11 is 0. The third-order valence-electron chi connectivity index (χ3n) is 5.75. The van der Waals surface area contributed by atoms with Crippen molar-refractivity contribution in [2.45, 2.75) is 53.6 Å². The van der Waals surface area contributed by atoms with Crippen LogP contribution in [0.5, 0.6) is 0 Å². The molecule has 3 nitrogen and oxygen atoms in total. The average molecular weight is 332 g/mol. The zero-order chi connectivity index (χ0) is 17.9. The predicted octanol–water partition coefficient (Wildman–Crippen LogP) is 3.94. The van der Waals surface area contributed by atoms with Crippen LogP contribution in [0, 0.1) is 35.5 Å². The summed E-state index contributed by atoms with van der Waals surface area (Å²) in [7, 11) is 0. The smallest absolute Gasteiger partial charge is 0.136 e. The quantitative estimate of drug-likeness (QED) is 0.591. The van der Waals surface area contributed by atoms with E-state index in [-0.39, 0.29) is 5.41 Å². The number of rotatable bonds is 6. The van der Waals surface area contributed by atoms with Crippen LogP contribution >= 0.6 is 0 Å². The van der Waals surface area contributed by atoms with E-state index in [1.54, 1.807) is 0 Å². The molecule has 0 aromatic rings. The molecule has 4 atom stereocenters. The summed E-state index contributed by atoms with van der Waals surface area (Å²) in [5.41, 5.74) is 2.46. The number of terminal acetylenes is 1. The van der Waals surface area contributed by atoms with Gasteiger partial charge in [0.1, 0.15) is 18.5 Å². The second-order valence-electron chi connectivity index (χ2n) is 7.87. The van der Waals surface area contributed by atoms with Crippen LogP contribution in [0.4, 0.5) is 0 Å². The Balaban J connectivity index is 2.38. The summed E-state index contributed by atoms with van der Waals surface area (Å²) in [5.74, 6) is 4.83. The maximum Gasteiger partial charge on any atom is 0.136 e. The van der Waals surface area contributed by atoms with E-state index in [9.17, 15) is 5.11 Å². The lowest BCUT2D eigenvalue weighted by Crippen LogP contribution is -2.40. The van der Waals surface area contributed by atoms with E-state index < -0.39 is 6.10 Å². The van der Waals surface area contributed by atoms with Crippen molar-refractivity contribution in [2.24, 2.45) is 23.2 Å². The lowest BCUT2D eigenvalue weighted by molar-refractivity contribution is 0.0689. The molecule has 0 amide bonds. The van der Waals surface area contributed by atoms with E-state index in [1.807, 2.05) is 13.0 Å². The first-order valence-electron chi connectivity index (χ1n) is 9.11. The van der Waals surface area contributed by atoms with Gasteiger partial charge in [0, 0.05) is 6.61 Å². The summed E-state index contributed by atoms with van der Waals surface area (Å²) < 4.78 is 11.5. The molecule has 0 saturated heterocycles. The third kappa shape index (κ3) is 3.87. The Hall–Kier alpha value is -1.24. The zero-order valence-corrected chi connectivity index (χ0v) is 15.8. The van der Waals surface area contributed by atoms with Gasteiger partial charge in [-0.25, -0.2) is 0 Å². The first-order valence-corrected chi connectivity index (χ1v) is 9.11. The van der Waals surface area contributed by atoms with Crippen LogP contribution in [0.2, 0.25) is 0 Å². The fourth-order valence-electron chi connectivity index (χ4n) is 4.30. The Bertz CT molecular complexity index is 550. The molecule has 1 N–H and O–H groups in total. The maximum atomic E-state index is 10.2. The number of allylic oxidation sites excluding steroid dienone is 2. The van der Waals surface area contributed by atoms with Crippen molar-refractivity contribution < 1.29 is 14.6 Å². The van der Waals surface area contributed by atoms with E-state index >= 15 is 0 Å². The molecule has 2 aliphatic rings. The molecule has 0 aromatic heterocycles. The Morgan fingerprint density at radius 2 is 2.08 bits per heavy atom. The molecule has 0 aromatic carbocycles. The first kappa shape index (κ1) is 19.1. The minimum absolute atomic E-state index is 0.170. The fourth-order valence-corrected chi connectivity index (χ4v) is 4.30. The molecule has 1 saturated carbocycles. The summed E-state index contributed by atoms with van der Waals surface area (Å²) in [5, 5.41) is 10.2. The van der Waals surface area contributed by atoms with Gasteiger partial charge in [-0.05, 0) is 60.2 Å². The van der Waals surface area contributed by atoms with Gasteiger partial charge in [0.2, 0.25) is 0 Å². The van der Waals surface area contributed by atoms with E-state index in [0.29, 0.717) is 37.6 Å². The summed E-state index contributed by atoms with van der Waals surface area (Å²) in [6.07, 6.45) is 8.60. The number of aliphatic hydroxyl groups is 1.